The molecule has 3 nitrogen and oxygen atoms in total. The second-order valence-corrected chi connectivity index (χ2v) is 6.55. The zero-order valence-corrected chi connectivity index (χ0v) is 14.0. The van der Waals surface area contributed by atoms with Crippen LogP contribution in [0.25, 0.3) is 0 Å². The maximum absolute atomic E-state index is 11.4. The van der Waals surface area contributed by atoms with Crippen molar-refractivity contribution in [2.24, 2.45) is 11.7 Å². The zero-order valence-electron chi connectivity index (χ0n) is 14.0. The van der Waals surface area contributed by atoms with Crippen LogP contribution in [0.15, 0.2) is 0 Å². The molecular weight excluding hydrogens is 248 g/mol. The molecule has 0 fully saturated rings. The molecule has 20 heavy (non-hydrogen) atoms. The lowest BCUT2D eigenvalue weighted by atomic mass is 10.0. The first-order valence-corrected chi connectivity index (χ1v) is 8.88. The van der Waals surface area contributed by atoms with Crippen molar-refractivity contribution in [2.45, 2.75) is 84.5 Å². The minimum atomic E-state index is 0.403. The van der Waals surface area contributed by atoms with E-state index in [1.165, 1.54) is 57.8 Å². The summed E-state index contributed by atoms with van der Waals surface area (Å²) in [6, 6.07) is 0. The van der Waals surface area contributed by atoms with E-state index in [0.717, 1.165) is 25.3 Å². The van der Waals surface area contributed by atoms with Crippen LogP contribution in [0.4, 0.5) is 0 Å². The monoisotopic (exact) mass is 286 g/mol. The Bertz CT molecular complexity index is 186. The minimum absolute atomic E-state index is 0.403. The Morgan fingerprint density at radius 2 is 1.20 bits per heavy atom. The first-order valence-electron chi connectivity index (χ1n) is 8.88. The molecule has 0 aliphatic carbocycles. The smallest absolute Gasteiger partial charge is 0.0780 e. The third-order valence-electron chi connectivity index (χ3n) is 3.90. The van der Waals surface area contributed by atoms with Crippen LogP contribution < -0.4 is 10.8 Å². The molecule has 0 aromatic heterocycles. The predicted octanol–water partition coefficient (Wildman–Crippen LogP) is 3.27. The standard InChI is InChI=1S/C17H38N2O/c1-17(2)13-10-8-6-4-3-5-7-9-11-15-19(20)16-12-14-18/h17,19H,3-16,18H2,1-2H3. The predicted molar refractivity (Wildman–Crippen MR) is 88.7 cm³/mol. The fraction of sp³-hybridized carbons (Fsp3) is 1.00. The van der Waals surface area contributed by atoms with Crippen molar-refractivity contribution in [3.8, 4) is 0 Å². The SMILES string of the molecule is CC(C)CCCCCCCCCCC[NH+]([O-])CCCN. The first kappa shape index (κ1) is 19.9. The average Bonchev–Trinajstić information content (AvgIpc) is 2.42. The fourth-order valence-electron chi connectivity index (χ4n) is 2.54. The summed E-state index contributed by atoms with van der Waals surface area (Å²) in [5.74, 6) is 0.863. The van der Waals surface area contributed by atoms with E-state index in [1.54, 1.807) is 0 Å². The topological polar surface area (TPSA) is 53.5 Å². The number of quaternary nitrogens is 1. The summed E-state index contributed by atoms with van der Waals surface area (Å²) < 4.78 is 0. The molecular formula is C17H38N2O. The van der Waals surface area contributed by atoms with Gasteiger partial charge < -0.3 is 16.0 Å². The highest BCUT2D eigenvalue weighted by Gasteiger charge is 1.98. The normalized spacial score (nSPS) is 13.1. The molecule has 0 amide bonds. The molecule has 0 bridgehead atoms. The van der Waals surface area contributed by atoms with Crippen LogP contribution >= 0.6 is 0 Å². The molecule has 0 aliphatic rings. The number of hydroxylamine groups is 2. The van der Waals surface area contributed by atoms with E-state index in [2.05, 4.69) is 13.8 Å². The maximum Gasteiger partial charge on any atom is 0.0780 e. The van der Waals surface area contributed by atoms with Gasteiger partial charge in [-0.15, -0.1) is 0 Å². The van der Waals surface area contributed by atoms with Crippen molar-refractivity contribution in [3.05, 3.63) is 5.21 Å². The van der Waals surface area contributed by atoms with E-state index in [-0.39, 0.29) is 0 Å². The number of hydrogen-bond acceptors (Lipinski definition) is 2. The summed E-state index contributed by atoms with van der Waals surface area (Å²) in [6.07, 6.45) is 14.2. The van der Waals surface area contributed by atoms with E-state index in [4.69, 9.17) is 5.73 Å². The average molecular weight is 287 g/mol. The van der Waals surface area contributed by atoms with Crippen LogP contribution in [0.2, 0.25) is 0 Å². The van der Waals surface area contributed by atoms with Crippen molar-refractivity contribution in [1.82, 2.24) is 0 Å². The quantitative estimate of drug-likeness (QED) is 0.358. The van der Waals surface area contributed by atoms with Crippen molar-refractivity contribution < 1.29 is 5.06 Å². The number of unbranched alkanes of at least 4 members (excludes halogenated alkanes) is 8. The number of hydrogen-bond donors (Lipinski definition) is 2. The number of nitrogens with two attached hydrogens (primary N) is 1. The summed E-state index contributed by atoms with van der Waals surface area (Å²) in [5, 5.41) is 11.8. The van der Waals surface area contributed by atoms with Crippen LogP contribution in [0.1, 0.15) is 84.5 Å². The van der Waals surface area contributed by atoms with Crippen LogP contribution in [0, 0.1) is 11.1 Å². The third kappa shape index (κ3) is 15.9. The Kier molecular flexibility index (Phi) is 15.2. The molecule has 1 atom stereocenters. The summed E-state index contributed by atoms with van der Waals surface area (Å²) in [6.45, 7) is 6.71. The van der Waals surface area contributed by atoms with E-state index < -0.39 is 0 Å². The molecule has 0 aliphatic heterocycles. The van der Waals surface area contributed by atoms with Crippen LogP contribution in [0.5, 0.6) is 0 Å². The molecule has 0 saturated heterocycles. The molecule has 1 unspecified atom stereocenters. The lowest BCUT2D eigenvalue weighted by molar-refractivity contribution is -0.848. The van der Waals surface area contributed by atoms with Crippen LogP contribution in [0.3, 0.4) is 0 Å². The van der Waals surface area contributed by atoms with Gasteiger partial charge in [0.25, 0.3) is 0 Å². The van der Waals surface area contributed by atoms with Gasteiger partial charge in [-0.05, 0) is 25.3 Å². The van der Waals surface area contributed by atoms with Crippen LogP contribution in [-0.2, 0) is 0 Å². The Hall–Kier alpha value is -0.120. The largest absolute Gasteiger partial charge is 0.634 e. The summed E-state index contributed by atoms with van der Waals surface area (Å²) in [7, 11) is 0. The van der Waals surface area contributed by atoms with E-state index in [9.17, 15) is 5.21 Å². The van der Waals surface area contributed by atoms with Crippen molar-refractivity contribution in [1.29, 1.82) is 0 Å². The van der Waals surface area contributed by atoms with Gasteiger partial charge in [-0.25, -0.2) is 0 Å². The molecule has 3 heteroatoms. The number of nitrogens with one attached hydrogen (secondary N) is 1. The van der Waals surface area contributed by atoms with Crippen molar-refractivity contribution in [2.75, 3.05) is 19.6 Å². The highest BCUT2D eigenvalue weighted by molar-refractivity contribution is 4.50. The Morgan fingerprint density at radius 1 is 0.750 bits per heavy atom. The highest BCUT2D eigenvalue weighted by atomic mass is 16.5. The van der Waals surface area contributed by atoms with Crippen LogP contribution in [-0.4, -0.2) is 19.6 Å². The van der Waals surface area contributed by atoms with Gasteiger partial charge >= 0.3 is 0 Å². The maximum atomic E-state index is 11.4. The van der Waals surface area contributed by atoms with Gasteiger partial charge in [-0.2, -0.15) is 0 Å². The zero-order chi connectivity index (χ0) is 15.1. The van der Waals surface area contributed by atoms with E-state index in [0.29, 0.717) is 18.2 Å². The Morgan fingerprint density at radius 3 is 1.70 bits per heavy atom. The van der Waals surface area contributed by atoms with E-state index >= 15 is 0 Å². The van der Waals surface area contributed by atoms with Gasteiger partial charge in [-0.1, -0.05) is 65.2 Å². The molecule has 3 N–H and O–H groups in total. The lowest BCUT2D eigenvalue weighted by Gasteiger charge is -2.21. The molecule has 0 radical (unpaired) electrons. The fourth-order valence-corrected chi connectivity index (χ4v) is 2.54. The van der Waals surface area contributed by atoms with Gasteiger partial charge in [-0.3, -0.25) is 0 Å². The molecule has 0 saturated carbocycles. The highest BCUT2D eigenvalue weighted by Crippen LogP contribution is 2.12. The molecule has 0 heterocycles. The second kappa shape index (κ2) is 15.3. The Balaban J connectivity index is 3.06. The van der Waals surface area contributed by atoms with Gasteiger partial charge in [0.05, 0.1) is 13.1 Å². The molecule has 0 rings (SSSR count). The first-order chi connectivity index (χ1) is 9.66. The molecule has 0 aromatic carbocycles. The molecule has 122 valence electrons. The summed E-state index contributed by atoms with van der Waals surface area (Å²) >= 11 is 0. The van der Waals surface area contributed by atoms with Crippen molar-refractivity contribution in [3.63, 3.8) is 0 Å². The lowest BCUT2D eigenvalue weighted by Crippen LogP contribution is -3.07. The second-order valence-electron chi connectivity index (χ2n) is 6.55. The molecule has 0 spiro atoms. The summed E-state index contributed by atoms with van der Waals surface area (Å²) in [5.41, 5.74) is 5.39. The minimum Gasteiger partial charge on any atom is -0.634 e. The summed E-state index contributed by atoms with van der Waals surface area (Å²) in [4.78, 5) is 0. The van der Waals surface area contributed by atoms with Crippen molar-refractivity contribution >= 4 is 0 Å². The van der Waals surface area contributed by atoms with E-state index in [1.807, 2.05) is 0 Å². The molecule has 0 aromatic rings. The van der Waals surface area contributed by atoms with Gasteiger partial charge in [0.2, 0.25) is 0 Å². The third-order valence-corrected chi connectivity index (χ3v) is 3.90. The van der Waals surface area contributed by atoms with Gasteiger partial charge in [0.1, 0.15) is 0 Å². The number of rotatable bonds is 15. The van der Waals surface area contributed by atoms with Gasteiger partial charge in [0, 0.05) is 6.42 Å². The Labute approximate surface area is 126 Å². The van der Waals surface area contributed by atoms with Gasteiger partial charge in [0.15, 0.2) is 0 Å².